The van der Waals surface area contributed by atoms with Crippen LogP contribution in [0.25, 0.3) is 11.4 Å². The van der Waals surface area contributed by atoms with Gasteiger partial charge in [0.15, 0.2) is 0 Å². The summed E-state index contributed by atoms with van der Waals surface area (Å²) in [7, 11) is 0. The minimum Gasteiger partial charge on any atom is -0.392 e. The molecule has 1 aromatic carbocycles. The number of aliphatic hydroxyl groups is 1. The van der Waals surface area contributed by atoms with E-state index in [-0.39, 0.29) is 5.41 Å². The van der Waals surface area contributed by atoms with E-state index in [0.717, 1.165) is 21.2 Å². The lowest BCUT2D eigenvalue weighted by Gasteiger charge is -2.24. The van der Waals surface area contributed by atoms with E-state index in [1.54, 1.807) is 0 Å². The monoisotopic (exact) mass is 352 g/mol. The summed E-state index contributed by atoms with van der Waals surface area (Å²) in [6.45, 7) is 10.0. The minimum absolute atomic E-state index is 0.209. The van der Waals surface area contributed by atoms with Crippen LogP contribution in [0.5, 0.6) is 0 Å². The molecule has 1 atom stereocenters. The normalized spacial score (nSPS) is 13.5. The zero-order valence-corrected chi connectivity index (χ0v) is 14.7. The Balaban J connectivity index is 2.24. The van der Waals surface area contributed by atoms with Gasteiger partial charge in [-0.1, -0.05) is 41.9 Å². The molecule has 0 bridgehead atoms. The molecule has 1 aromatic heterocycles. The zero-order chi connectivity index (χ0) is 15.8. The predicted octanol–water partition coefficient (Wildman–Crippen LogP) is 4.07. The number of benzene rings is 1. The van der Waals surface area contributed by atoms with E-state index >= 15 is 0 Å². The third-order valence-electron chi connectivity index (χ3n) is 3.53. The molecular formula is C16H21BrN2O2. The molecule has 0 aliphatic carbocycles. The van der Waals surface area contributed by atoms with Crippen molar-refractivity contribution in [3.63, 3.8) is 0 Å². The van der Waals surface area contributed by atoms with Crippen molar-refractivity contribution in [3.05, 3.63) is 33.6 Å². The van der Waals surface area contributed by atoms with Gasteiger partial charge in [0, 0.05) is 10.0 Å². The molecule has 1 N–H and O–H groups in total. The molecule has 0 saturated carbocycles. The third kappa shape index (κ3) is 3.71. The SMILES string of the molecule is Cc1cc(-c2noc(CC(O)C(C)(C)C)n2)cc(C)c1Br. The Labute approximate surface area is 133 Å². The van der Waals surface area contributed by atoms with Gasteiger partial charge in [0.25, 0.3) is 0 Å². The first-order chi connectivity index (χ1) is 9.68. The van der Waals surface area contributed by atoms with E-state index in [0.29, 0.717) is 18.1 Å². The summed E-state index contributed by atoms with van der Waals surface area (Å²) >= 11 is 3.55. The van der Waals surface area contributed by atoms with Gasteiger partial charge in [-0.3, -0.25) is 0 Å². The smallest absolute Gasteiger partial charge is 0.229 e. The minimum atomic E-state index is -0.515. The highest BCUT2D eigenvalue weighted by Crippen LogP contribution is 2.28. The molecule has 0 saturated heterocycles. The number of aromatic nitrogens is 2. The van der Waals surface area contributed by atoms with Crippen LogP contribution in [0.1, 0.15) is 37.8 Å². The molecule has 2 rings (SSSR count). The van der Waals surface area contributed by atoms with E-state index in [9.17, 15) is 5.11 Å². The molecule has 21 heavy (non-hydrogen) atoms. The second kappa shape index (κ2) is 5.89. The van der Waals surface area contributed by atoms with Gasteiger partial charge < -0.3 is 9.63 Å². The van der Waals surface area contributed by atoms with Crippen molar-refractivity contribution in [1.82, 2.24) is 10.1 Å². The van der Waals surface area contributed by atoms with Crippen molar-refractivity contribution in [2.75, 3.05) is 0 Å². The largest absolute Gasteiger partial charge is 0.392 e. The average molecular weight is 353 g/mol. The van der Waals surface area contributed by atoms with Crippen molar-refractivity contribution >= 4 is 15.9 Å². The van der Waals surface area contributed by atoms with Gasteiger partial charge in [0.05, 0.1) is 12.5 Å². The van der Waals surface area contributed by atoms with E-state index < -0.39 is 6.10 Å². The predicted molar refractivity (Wildman–Crippen MR) is 86.1 cm³/mol. The Morgan fingerprint density at radius 1 is 1.24 bits per heavy atom. The Morgan fingerprint density at radius 3 is 2.33 bits per heavy atom. The number of aryl methyl sites for hydroxylation is 2. The summed E-state index contributed by atoms with van der Waals surface area (Å²) in [5, 5.41) is 14.1. The molecule has 5 heteroatoms. The van der Waals surface area contributed by atoms with Gasteiger partial charge in [-0.15, -0.1) is 0 Å². The van der Waals surface area contributed by atoms with Crippen LogP contribution in [-0.2, 0) is 6.42 Å². The topological polar surface area (TPSA) is 59.2 Å². The molecule has 0 amide bonds. The summed E-state index contributed by atoms with van der Waals surface area (Å²) < 4.78 is 6.36. The molecule has 2 aromatic rings. The highest BCUT2D eigenvalue weighted by molar-refractivity contribution is 9.10. The van der Waals surface area contributed by atoms with Crippen LogP contribution in [0, 0.1) is 19.3 Å². The Hall–Kier alpha value is -1.20. The number of rotatable bonds is 3. The summed E-state index contributed by atoms with van der Waals surface area (Å²) in [6, 6.07) is 4.04. The maximum Gasteiger partial charge on any atom is 0.229 e. The summed E-state index contributed by atoms with van der Waals surface area (Å²) in [6.07, 6.45) is -0.149. The fourth-order valence-electron chi connectivity index (χ4n) is 2.00. The number of halogens is 1. The highest BCUT2D eigenvalue weighted by atomic mass is 79.9. The standard InChI is InChI=1S/C16H21BrN2O2/c1-9-6-11(7-10(2)14(9)17)15-18-13(21-19-15)8-12(20)16(3,4)5/h6-7,12,20H,8H2,1-5H3. The van der Waals surface area contributed by atoms with Crippen molar-refractivity contribution in [2.24, 2.45) is 5.41 Å². The zero-order valence-electron chi connectivity index (χ0n) is 13.1. The number of aliphatic hydroxyl groups excluding tert-OH is 1. The third-order valence-corrected chi connectivity index (χ3v) is 4.78. The Kier molecular flexibility index (Phi) is 4.54. The molecular weight excluding hydrogens is 332 g/mol. The van der Waals surface area contributed by atoms with Crippen LogP contribution in [0.3, 0.4) is 0 Å². The second-order valence-corrected chi connectivity index (χ2v) is 7.31. The first-order valence-electron chi connectivity index (χ1n) is 6.96. The van der Waals surface area contributed by atoms with Crippen LogP contribution in [0.15, 0.2) is 21.1 Å². The quantitative estimate of drug-likeness (QED) is 0.904. The van der Waals surface area contributed by atoms with Crippen LogP contribution in [0.2, 0.25) is 0 Å². The lowest BCUT2D eigenvalue weighted by molar-refractivity contribution is 0.0565. The van der Waals surface area contributed by atoms with Crippen LogP contribution < -0.4 is 0 Å². The lowest BCUT2D eigenvalue weighted by Crippen LogP contribution is -2.28. The first-order valence-corrected chi connectivity index (χ1v) is 7.75. The van der Waals surface area contributed by atoms with Crippen molar-refractivity contribution < 1.29 is 9.63 Å². The summed E-state index contributed by atoms with van der Waals surface area (Å²) in [5.74, 6) is 1.02. The molecule has 1 heterocycles. The first kappa shape index (κ1) is 16.2. The van der Waals surface area contributed by atoms with Gasteiger partial charge in [-0.2, -0.15) is 4.98 Å². The molecule has 0 fully saturated rings. The van der Waals surface area contributed by atoms with Gasteiger partial charge in [-0.25, -0.2) is 0 Å². The summed E-state index contributed by atoms with van der Waals surface area (Å²) in [4.78, 5) is 4.39. The van der Waals surface area contributed by atoms with Crippen molar-refractivity contribution in [3.8, 4) is 11.4 Å². The molecule has 0 spiro atoms. The highest BCUT2D eigenvalue weighted by Gasteiger charge is 2.25. The lowest BCUT2D eigenvalue weighted by atomic mass is 9.87. The molecule has 4 nitrogen and oxygen atoms in total. The van der Waals surface area contributed by atoms with E-state index in [1.165, 1.54) is 0 Å². The Bertz CT molecular complexity index is 621. The molecule has 0 aliphatic rings. The summed E-state index contributed by atoms with van der Waals surface area (Å²) in [5.41, 5.74) is 2.98. The van der Waals surface area contributed by atoms with Crippen LogP contribution in [-0.4, -0.2) is 21.4 Å². The van der Waals surface area contributed by atoms with Gasteiger partial charge in [-0.05, 0) is 42.5 Å². The van der Waals surface area contributed by atoms with Gasteiger partial charge in [0.1, 0.15) is 0 Å². The number of hydrogen-bond donors (Lipinski definition) is 1. The van der Waals surface area contributed by atoms with Crippen LogP contribution >= 0.6 is 15.9 Å². The molecule has 114 valence electrons. The van der Waals surface area contributed by atoms with Crippen LogP contribution in [0.4, 0.5) is 0 Å². The Morgan fingerprint density at radius 2 is 1.81 bits per heavy atom. The van der Waals surface area contributed by atoms with Gasteiger partial charge in [0.2, 0.25) is 11.7 Å². The van der Waals surface area contributed by atoms with Crippen molar-refractivity contribution in [1.29, 1.82) is 0 Å². The second-order valence-electron chi connectivity index (χ2n) is 6.52. The molecule has 0 radical (unpaired) electrons. The van der Waals surface area contributed by atoms with E-state index in [1.807, 2.05) is 46.8 Å². The average Bonchev–Trinajstić information content (AvgIpc) is 2.82. The maximum absolute atomic E-state index is 10.1. The fraction of sp³-hybridized carbons (Fsp3) is 0.500. The molecule has 1 unspecified atom stereocenters. The van der Waals surface area contributed by atoms with E-state index in [2.05, 4.69) is 26.1 Å². The fourth-order valence-corrected chi connectivity index (χ4v) is 2.23. The number of hydrogen-bond acceptors (Lipinski definition) is 4. The number of nitrogens with zero attached hydrogens (tertiary/aromatic N) is 2. The van der Waals surface area contributed by atoms with Crippen molar-refractivity contribution in [2.45, 2.75) is 47.1 Å². The maximum atomic E-state index is 10.1. The van der Waals surface area contributed by atoms with Gasteiger partial charge >= 0.3 is 0 Å². The molecule has 0 aliphatic heterocycles. The van der Waals surface area contributed by atoms with E-state index in [4.69, 9.17) is 4.52 Å².